The SMILES string of the molecule is CCCc1ccc(OCC(NCC)C(C)(C)C)cc1. The van der Waals surface area contributed by atoms with Crippen LogP contribution in [0.4, 0.5) is 0 Å². The van der Waals surface area contributed by atoms with Gasteiger partial charge >= 0.3 is 0 Å². The number of hydrogen-bond acceptors (Lipinski definition) is 2. The van der Waals surface area contributed by atoms with Gasteiger partial charge in [0.1, 0.15) is 12.4 Å². The molecule has 0 aliphatic heterocycles. The average Bonchev–Trinajstić information content (AvgIpc) is 2.35. The van der Waals surface area contributed by atoms with Crippen molar-refractivity contribution in [1.29, 1.82) is 0 Å². The molecule has 19 heavy (non-hydrogen) atoms. The highest BCUT2D eigenvalue weighted by molar-refractivity contribution is 5.27. The van der Waals surface area contributed by atoms with Crippen molar-refractivity contribution in [2.24, 2.45) is 5.41 Å². The molecular weight excluding hydrogens is 234 g/mol. The predicted octanol–water partition coefficient (Wildman–Crippen LogP) is 4.04. The normalized spacial score (nSPS) is 13.3. The van der Waals surface area contributed by atoms with Gasteiger partial charge in [-0.1, -0.05) is 53.2 Å². The number of ether oxygens (including phenoxy) is 1. The van der Waals surface area contributed by atoms with Gasteiger partial charge in [0.2, 0.25) is 0 Å². The summed E-state index contributed by atoms with van der Waals surface area (Å²) in [4.78, 5) is 0. The molecule has 1 unspecified atom stereocenters. The van der Waals surface area contributed by atoms with E-state index in [9.17, 15) is 0 Å². The van der Waals surface area contributed by atoms with Crippen molar-refractivity contribution < 1.29 is 4.74 Å². The Labute approximate surface area is 118 Å². The topological polar surface area (TPSA) is 21.3 Å². The van der Waals surface area contributed by atoms with E-state index in [0.29, 0.717) is 12.6 Å². The Morgan fingerprint density at radius 2 is 1.74 bits per heavy atom. The molecule has 0 saturated carbocycles. The van der Waals surface area contributed by atoms with Crippen molar-refractivity contribution in [3.05, 3.63) is 29.8 Å². The number of benzene rings is 1. The van der Waals surface area contributed by atoms with Crippen molar-refractivity contribution in [3.63, 3.8) is 0 Å². The van der Waals surface area contributed by atoms with Crippen molar-refractivity contribution in [2.75, 3.05) is 13.2 Å². The van der Waals surface area contributed by atoms with Crippen molar-refractivity contribution in [1.82, 2.24) is 5.32 Å². The lowest BCUT2D eigenvalue weighted by Gasteiger charge is -2.31. The summed E-state index contributed by atoms with van der Waals surface area (Å²) in [6, 6.07) is 8.86. The van der Waals surface area contributed by atoms with E-state index in [2.05, 4.69) is 64.2 Å². The van der Waals surface area contributed by atoms with Gasteiger partial charge in [-0.2, -0.15) is 0 Å². The molecule has 1 atom stereocenters. The molecule has 1 aromatic carbocycles. The molecule has 108 valence electrons. The second kappa shape index (κ2) is 7.54. The van der Waals surface area contributed by atoms with E-state index in [0.717, 1.165) is 18.7 Å². The summed E-state index contributed by atoms with van der Waals surface area (Å²) in [5.41, 5.74) is 1.59. The smallest absolute Gasteiger partial charge is 0.119 e. The lowest BCUT2D eigenvalue weighted by Crippen LogP contribution is -2.44. The van der Waals surface area contributed by atoms with Gasteiger partial charge in [-0.15, -0.1) is 0 Å². The number of rotatable bonds is 7. The highest BCUT2D eigenvalue weighted by Crippen LogP contribution is 2.21. The predicted molar refractivity (Wildman–Crippen MR) is 82.9 cm³/mol. The molecule has 1 rings (SSSR count). The monoisotopic (exact) mass is 263 g/mol. The van der Waals surface area contributed by atoms with Crippen LogP contribution < -0.4 is 10.1 Å². The molecular formula is C17H29NO. The van der Waals surface area contributed by atoms with E-state index >= 15 is 0 Å². The summed E-state index contributed by atoms with van der Waals surface area (Å²) in [5.74, 6) is 0.965. The van der Waals surface area contributed by atoms with Crippen LogP contribution in [0.15, 0.2) is 24.3 Å². The second-order valence-electron chi connectivity index (χ2n) is 6.18. The molecule has 0 aliphatic carbocycles. The Balaban J connectivity index is 2.54. The number of likely N-dealkylation sites (N-methyl/N-ethyl adjacent to an activating group) is 1. The summed E-state index contributed by atoms with van der Waals surface area (Å²) in [6.45, 7) is 12.8. The van der Waals surface area contributed by atoms with Crippen LogP contribution in [0.25, 0.3) is 0 Å². The Morgan fingerprint density at radius 1 is 1.11 bits per heavy atom. The summed E-state index contributed by atoms with van der Waals surface area (Å²) >= 11 is 0. The largest absolute Gasteiger partial charge is 0.492 e. The molecule has 0 spiro atoms. The van der Waals surface area contributed by atoms with E-state index in [1.165, 1.54) is 12.0 Å². The molecule has 2 heteroatoms. The third-order valence-corrected chi connectivity index (χ3v) is 3.37. The van der Waals surface area contributed by atoms with Crippen LogP contribution in [0.3, 0.4) is 0 Å². The first-order chi connectivity index (χ1) is 8.97. The second-order valence-corrected chi connectivity index (χ2v) is 6.18. The lowest BCUT2D eigenvalue weighted by molar-refractivity contribution is 0.176. The number of nitrogens with one attached hydrogen (secondary N) is 1. The van der Waals surface area contributed by atoms with Crippen LogP contribution in [0.5, 0.6) is 5.75 Å². The minimum absolute atomic E-state index is 0.207. The molecule has 0 aliphatic rings. The zero-order valence-corrected chi connectivity index (χ0v) is 13.1. The Kier molecular flexibility index (Phi) is 6.36. The minimum atomic E-state index is 0.207. The van der Waals surface area contributed by atoms with Gasteiger partial charge < -0.3 is 10.1 Å². The summed E-state index contributed by atoms with van der Waals surface area (Å²) in [6.07, 6.45) is 2.33. The minimum Gasteiger partial charge on any atom is -0.492 e. The van der Waals surface area contributed by atoms with E-state index in [-0.39, 0.29) is 5.41 Å². The van der Waals surface area contributed by atoms with Crippen LogP contribution in [0.2, 0.25) is 0 Å². The van der Waals surface area contributed by atoms with E-state index in [4.69, 9.17) is 4.74 Å². The van der Waals surface area contributed by atoms with Gasteiger partial charge in [0, 0.05) is 6.04 Å². The highest BCUT2D eigenvalue weighted by atomic mass is 16.5. The van der Waals surface area contributed by atoms with Gasteiger partial charge in [0.05, 0.1) is 0 Å². The Hall–Kier alpha value is -1.02. The van der Waals surface area contributed by atoms with E-state index < -0.39 is 0 Å². The highest BCUT2D eigenvalue weighted by Gasteiger charge is 2.24. The number of aryl methyl sites for hydroxylation is 1. The molecule has 1 N–H and O–H groups in total. The third-order valence-electron chi connectivity index (χ3n) is 3.37. The molecule has 0 aromatic heterocycles. The van der Waals surface area contributed by atoms with Gasteiger partial charge in [-0.3, -0.25) is 0 Å². The fraction of sp³-hybridized carbons (Fsp3) is 0.647. The van der Waals surface area contributed by atoms with Crippen LogP contribution in [-0.4, -0.2) is 19.2 Å². The van der Waals surface area contributed by atoms with Crippen molar-refractivity contribution in [3.8, 4) is 5.75 Å². The molecule has 0 heterocycles. The number of hydrogen-bond donors (Lipinski definition) is 1. The molecule has 0 saturated heterocycles. The Bertz CT molecular complexity index is 351. The van der Waals surface area contributed by atoms with Crippen molar-refractivity contribution >= 4 is 0 Å². The summed E-state index contributed by atoms with van der Waals surface area (Å²) in [5, 5.41) is 3.50. The van der Waals surface area contributed by atoms with Crippen molar-refractivity contribution in [2.45, 2.75) is 53.5 Å². The van der Waals surface area contributed by atoms with E-state index in [1.54, 1.807) is 0 Å². The maximum absolute atomic E-state index is 5.92. The summed E-state index contributed by atoms with van der Waals surface area (Å²) < 4.78 is 5.92. The lowest BCUT2D eigenvalue weighted by atomic mass is 9.87. The molecule has 0 fully saturated rings. The van der Waals surface area contributed by atoms with Gasteiger partial charge in [-0.05, 0) is 36.1 Å². The maximum Gasteiger partial charge on any atom is 0.119 e. The molecule has 1 aromatic rings. The molecule has 0 radical (unpaired) electrons. The van der Waals surface area contributed by atoms with Gasteiger partial charge in [0.25, 0.3) is 0 Å². The zero-order chi connectivity index (χ0) is 14.3. The molecule has 0 amide bonds. The first-order valence-electron chi connectivity index (χ1n) is 7.42. The fourth-order valence-corrected chi connectivity index (χ4v) is 2.08. The average molecular weight is 263 g/mol. The maximum atomic E-state index is 5.92. The van der Waals surface area contributed by atoms with Gasteiger partial charge in [0.15, 0.2) is 0 Å². The van der Waals surface area contributed by atoms with Crippen LogP contribution in [0.1, 0.15) is 46.6 Å². The van der Waals surface area contributed by atoms with Gasteiger partial charge in [-0.25, -0.2) is 0 Å². The van der Waals surface area contributed by atoms with Crippen LogP contribution in [-0.2, 0) is 6.42 Å². The summed E-state index contributed by atoms with van der Waals surface area (Å²) in [7, 11) is 0. The first kappa shape index (κ1) is 16.0. The first-order valence-corrected chi connectivity index (χ1v) is 7.42. The third kappa shape index (κ3) is 5.65. The molecule has 0 bridgehead atoms. The van der Waals surface area contributed by atoms with Crippen LogP contribution in [0, 0.1) is 5.41 Å². The van der Waals surface area contributed by atoms with Crippen LogP contribution >= 0.6 is 0 Å². The standard InChI is InChI=1S/C17H29NO/c1-6-8-14-9-11-15(12-10-14)19-13-16(18-7-2)17(3,4)5/h9-12,16,18H,6-8,13H2,1-5H3. The van der Waals surface area contributed by atoms with E-state index in [1.807, 2.05) is 0 Å². The fourth-order valence-electron chi connectivity index (χ4n) is 2.08. The zero-order valence-electron chi connectivity index (χ0n) is 13.1. The Morgan fingerprint density at radius 3 is 2.21 bits per heavy atom. The quantitative estimate of drug-likeness (QED) is 0.801. The molecule has 2 nitrogen and oxygen atoms in total.